The summed E-state index contributed by atoms with van der Waals surface area (Å²) in [5.74, 6) is 0.739. The van der Waals surface area contributed by atoms with Gasteiger partial charge in [-0.25, -0.2) is 0 Å². The first-order valence-corrected chi connectivity index (χ1v) is 5.52. The molecule has 3 heteroatoms. The van der Waals surface area contributed by atoms with Crippen LogP contribution < -0.4 is 0 Å². The summed E-state index contributed by atoms with van der Waals surface area (Å²) in [5.41, 5.74) is 0.984. The van der Waals surface area contributed by atoms with Gasteiger partial charge in [-0.05, 0) is 6.42 Å². The van der Waals surface area contributed by atoms with Crippen molar-refractivity contribution in [2.24, 2.45) is 4.99 Å². The summed E-state index contributed by atoms with van der Waals surface area (Å²) in [6.07, 6.45) is 1.01. The van der Waals surface area contributed by atoms with Gasteiger partial charge in [-0.2, -0.15) is 0 Å². The number of rotatable bonds is 1. The molecule has 1 aliphatic heterocycles. The molecule has 0 saturated heterocycles. The second kappa shape index (κ2) is 5.43. The third-order valence-corrected chi connectivity index (χ3v) is 2.73. The maximum Gasteiger partial charge on any atom is 0.130 e. The molecule has 2 nitrogen and oxygen atoms in total. The average molecular weight is 402 g/mol. The van der Waals surface area contributed by atoms with Crippen LogP contribution in [-0.2, 0) is 24.8 Å². The zero-order chi connectivity index (χ0) is 10.8. The van der Waals surface area contributed by atoms with Gasteiger partial charge < -0.3 is 4.74 Å². The summed E-state index contributed by atoms with van der Waals surface area (Å²) in [6.45, 7) is 1.61. The summed E-state index contributed by atoms with van der Waals surface area (Å²) < 4.78 is 5.59. The van der Waals surface area contributed by atoms with Crippen molar-refractivity contribution in [2.45, 2.75) is 6.42 Å². The molecule has 0 atom stereocenters. The van der Waals surface area contributed by atoms with Gasteiger partial charge in [-0.15, -0.1) is 23.6 Å². The Hall–Kier alpha value is -1.18. The summed E-state index contributed by atoms with van der Waals surface area (Å²) in [6, 6.07) is 15.5. The van der Waals surface area contributed by atoms with E-state index in [9.17, 15) is 0 Å². The van der Waals surface area contributed by atoms with Crippen LogP contribution in [0.1, 0.15) is 12.0 Å². The fourth-order valence-corrected chi connectivity index (χ4v) is 1.95. The van der Waals surface area contributed by atoms with Gasteiger partial charge in [-0.1, -0.05) is 35.2 Å². The monoisotopic (exact) mass is 403 g/mol. The largest absolute Gasteiger partial charge is 0.520 e. The van der Waals surface area contributed by atoms with Gasteiger partial charge in [-0.3, -0.25) is 4.99 Å². The quantitative estimate of drug-likeness (QED) is 0.673. The van der Waals surface area contributed by atoms with Crippen molar-refractivity contribution >= 4 is 16.7 Å². The number of ether oxygens (including phenoxy) is 1. The topological polar surface area (TPSA) is 21.6 Å². The zero-order valence-corrected chi connectivity index (χ0v) is 11.7. The summed E-state index contributed by atoms with van der Waals surface area (Å²) >= 11 is 0. The fourth-order valence-electron chi connectivity index (χ4n) is 1.95. The number of aliphatic imine (C=N–C) groups is 1. The van der Waals surface area contributed by atoms with Crippen LogP contribution in [0.25, 0.3) is 10.8 Å². The van der Waals surface area contributed by atoms with Gasteiger partial charge in [0.15, 0.2) is 0 Å². The molecule has 3 rings (SSSR count). The van der Waals surface area contributed by atoms with Gasteiger partial charge in [0.25, 0.3) is 0 Å². The van der Waals surface area contributed by atoms with Crippen molar-refractivity contribution in [3.05, 3.63) is 48.0 Å². The molecule has 0 amide bonds. The van der Waals surface area contributed by atoms with Gasteiger partial charge in [0.1, 0.15) is 5.90 Å². The molecule has 2 aromatic rings. The van der Waals surface area contributed by atoms with Gasteiger partial charge >= 0.3 is 0 Å². The second-order valence-electron chi connectivity index (χ2n) is 3.83. The minimum atomic E-state index is 0. The Balaban J connectivity index is 0.00000108. The molecule has 0 aromatic heterocycles. The fraction of sp³-hybridized carbons (Fsp3) is 0.214. The maximum absolute atomic E-state index is 5.59. The Kier molecular flexibility index (Phi) is 3.93. The number of nitrogens with zero attached hydrogens (tertiary/aromatic N) is 1. The van der Waals surface area contributed by atoms with E-state index in [4.69, 9.17) is 4.74 Å². The van der Waals surface area contributed by atoms with Crippen molar-refractivity contribution in [2.75, 3.05) is 13.2 Å². The van der Waals surface area contributed by atoms with Crippen molar-refractivity contribution < 1.29 is 24.8 Å². The van der Waals surface area contributed by atoms with Crippen molar-refractivity contribution in [3.63, 3.8) is 0 Å². The molecule has 1 radical (unpaired) electrons. The predicted octanol–water partition coefficient (Wildman–Crippen LogP) is 2.80. The van der Waals surface area contributed by atoms with Crippen molar-refractivity contribution in [1.29, 1.82) is 0 Å². The molecule has 0 saturated carbocycles. The molecular formula is C14H12IrNO-. The Morgan fingerprint density at radius 3 is 2.88 bits per heavy atom. The van der Waals surface area contributed by atoms with E-state index in [1.54, 1.807) is 0 Å². The van der Waals surface area contributed by atoms with Crippen molar-refractivity contribution in [3.8, 4) is 0 Å². The van der Waals surface area contributed by atoms with Crippen LogP contribution >= 0.6 is 0 Å². The van der Waals surface area contributed by atoms with E-state index >= 15 is 0 Å². The van der Waals surface area contributed by atoms with E-state index in [1.165, 1.54) is 5.39 Å². The first-order valence-electron chi connectivity index (χ1n) is 5.52. The van der Waals surface area contributed by atoms with Crippen LogP contribution in [0.3, 0.4) is 0 Å². The van der Waals surface area contributed by atoms with Crippen LogP contribution in [-0.4, -0.2) is 19.0 Å². The van der Waals surface area contributed by atoms with Gasteiger partial charge in [0.2, 0.25) is 0 Å². The summed E-state index contributed by atoms with van der Waals surface area (Å²) in [7, 11) is 0. The van der Waals surface area contributed by atoms with E-state index in [2.05, 4.69) is 29.3 Å². The Labute approximate surface area is 114 Å². The number of hydrogen-bond acceptors (Lipinski definition) is 2. The molecule has 89 valence electrons. The van der Waals surface area contributed by atoms with Crippen LogP contribution in [0.2, 0.25) is 0 Å². The standard InChI is InChI=1S/C14H12NO.Ir/c1-2-7-12-11(5-1)6-3-8-13(12)14-15-9-4-10-16-14;/h1-3,5-7H,4,9-10H2;/q-1;. The molecule has 0 fully saturated rings. The van der Waals surface area contributed by atoms with Crippen LogP contribution in [0.15, 0.2) is 41.4 Å². The predicted molar refractivity (Wildman–Crippen MR) is 64.8 cm³/mol. The zero-order valence-electron chi connectivity index (χ0n) is 9.27. The number of hydrogen-bond donors (Lipinski definition) is 0. The van der Waals surface area contributed by atoms with E-state index in [1.807, 2.05) is 18.2 Å². The van der Waals surface area contributed by atoms with Gasteiger partial charge in [0.05, 0.1) is 6.61 Å². The SMILES string of the molecule is [Ir].[c-]1ccc2ccccc2c1C1=NCCCO1. The maximum atomic E-state index is 5.59. The van der Waals surface area contributed by atoms with E-state index in [-0.39, 0.29) is 20.1 Å². The summed E-state index contributed by atoms with van der Waals surface area (Å²) in [5, 5.41) is 2.36. The molecule has 1 heterocycles. The van der Waals surface area contributed by atoms with Crippen molar-refractivity contribution in [1.82, 2.24) is 0 Å². The molecule has 0 spiro atoms. The molecular weight excluding hydrogens is 390 g/mol. The molecule has 0 unspecified atom stereocenters. The van der Waals surface area contributed by atoms with E-state index < -0.39 is 0 Å². The van der Waals surface area contributed by atoms with Crippen LogP contribution in [0.4, 0.5) is 0 Å². The molecule has 2 aromatic carbocycles. The molecule has 17 heavy (non-hydrogen) atoms. The molecule has 0 bridgehead atoms. The van der Waals surface area contributed by atoms with Crippen LogP contribution in [0, 0.1) is 6.07 Å². The van der Waals surface area contributed by atoms with E-state index in [0.29, 0.717) is 0 Å². The minimum Gasteiger partial charge on any atom is -0.520 e. The smallest absolute Gasteiger partial charge is 0.130 e. The Morgan fingerprint density at radius 1 is 1.18 bits per heavy atom. The third kappa shape index (κ3) is 2.41. The first-order chi connectivity index (χ1) is 7.95. The Bertz CT molecular complexity index is 545. The molecule has 0 aliphatic carbocycles. The Morgan fingerprint density at radius 2 is 2.06 bits per heavy atom. The minimum absolute atomic E-state index is 0. The number of benzene rings is 2. The average Bonchev–Trinajstić information content (AvgIpc) is 2.39. The first kappa shape index (κ1) is 12.3. The van der Waals surface area contributed by atoms with Crippen LogP contribution in [0.5, 0.6) is 0 Å². The summed E-state index contributed by atoms with van der Waals surface area (Å²) in [4.78, 5) is 4.41. The normalized spacial score (nSPS) is 14.7. The molecule has 1 aliphatic rings. The second-order valence-corrected chi connectivity index (χ2v) is 3.83. The van der Waals surface area contributed by atoms with E-state index in [0.717, 1.165) is 36.4 Å². The number of fused-ring (bicyclic) bond motifs is 1. The van der Waals surface area contributed by atoms with Gasteiger partial charge in [0, 0.05) is 26.7 Å². The third-order valence-electron chi connectivity index (χ3n) is 2.73. The molecule has 0 N–H and O–H groups in total.